The third kappa shape index (κ3) is 3.57. The van der Waals surface area contributed by atoms with E-state index in [2.05, 4.69) is 36.1 Å². The average molecular weight is 341 g/mol. The van der Waals surface area contributed by atoms with Gasteiger partial charge in [0.2, 0.25) is 5.91 Å². The number of carbonyl (C=O) groups is 2. The van der Waals surface area contributed by atoms with Gasteiger partial charge in [0, 0.05) is 11.1 Å². The van der Waals surface area contributed by atoms with Crippen molar-refractivity contribution in [2.45, 2.75) is 39.0 Å². The van der Waals surface area contributed by atoms with E-state index in [1.165, 1.54) is 0 Å². The zero-order chi connectivity index (χ0) is 18.2. The highest BCUT2D eigenvalue weighted by Gasteiger charge is 2.34. The number of benzene rings is 1. The van der Waals surface area contributed by atoms with Gasteiger partial charge in [-0.1, -0.05) is 32.9 Å². The number of rotatable bonds is 3. The fraction of sp³-hybridized carbons (Fsp3) is 0.421. The number of fused-ring (bicyclic) bond motifs is 1. The number of aromatic amines is 1. The predicted octanol–water partition coefficient (Wildman–Crippen LogP) is 3.47. The van der Waals surface area contributed by atoms with Crippen LogP contribution in [0, 0.1) is 11.8 Å². The van der Waals surface area contributed by atoms with Gasteiger partial charge in [0.25, 0.3) is 0 Å². The number of aromatic nitrogens is 2. The molecule has 0 unspecified atom stereocenters. The zero-order valence-electron chi connectivity index (χ0n) is 14.7. The molecule has 2 atom stereocenters. The topological polar surface area (TPSA) is 95.1 Å². The fourth-order valence-electron chi connectivity index (χ4n) is 3.05. The second-order valence-electron chi connectivity index (χ2n) is 7.55. The lowest BCUT2D eigenvalue weighted by Gasteiger charge is -2.24. The minimum atomic E-state index is -0.927. The van der Waals surface area contributed by atoms with Gasteiger partial charge in [-0.05, 0) is 31.0 Å². The van der Waals surface area contributed by atoms with Gasteiger partial charge < -0.3 is 15.4 Å². The Morgan fingerprint density at radius 2 is 1.88 bits per heavy atom. The summed E-state index contributed by atoms with van der Waals surface area (Å²) in [5, 5.41) is 12.2. The summed E-state index contributed by atoms with van der Waals surface area (Å²) >= 11 is 0. The molecule has 0 saturated heterocycles. The molecule has 1 heterocycles. The van der Waals surface area contributed by atoms with E-state index in [0.717, 1.165) is 16.9 Å². The second kappa shape index (κ2) is 6.35. The number of aliphatic carboxylic acids is 1. The number of allylic oxidation sites excluding steroid dienone is 2. The van der Waals surface area contributed by atoms with Crippen molar-refractivity contribution in [3.63, 3.8) is 0 Å². The number of hydrogen-bond donors (Lipinski definition) is 3. The van der Waals surface area contributed by atoms with Gasteiger partial charge in [-0.15, -0.1) is 0 Å². The van der Waals surface area contributed by atoms with Crippen LogP contribution in [-0.4, -0.2) is 27.0 Å². The van der Waals surface area contributed by atoms with Crippen molar-refractivity contribution in [1.29, 1.82) is 0 Å². The van der Waals surface area contributed by atoms with Crippen LogP contribution in [0.1, 0.15) is 39.4 Å². The summed E-state index contributed by atoms with van der Waals surface area (Å²) in [6.07, 6.45) is 4.54. The average Bonchev–Trinajstić information content (AvgIpc) is 2.98. The molecule has 0 saturated carbocycles. The number of amides is 1. The molecule has 2 aromatic rings. The van der Waals surface area contributed by atoms with Crippen LogP contribution in [-0.2, 0) is 15.0 Å². The highest BCUT2D eigenvalue weighted by molar-refractivity contribution is 5.96. The minimum Gasteiger partial charge on any atom is -0.481 e. The van der Waals surface area contributed by atoms with Crippen LogP contribution >= 0.6 is 0 Å². The van der Waals surface area contributed by atoms with Crippen molar-refractivity contribution < 1.29 is 14.7 Å². The molecule has 1 amide bonds. The maximum atomic E-state index is 12.5. The van der Waals surface area contributed by atoms with Gasteiger partial charge in [-0.2, -0.15) is 0 Å². The Bertz CT molecular complexity index is 845. The molecule has 1 aliphatic carbocycles. The number of hydrogen-bond acceptors (Lipinski definition) is 3. The van der Waals surface area contributed by atoms with Crippen LogP contribution < -0.4 is 5.32 Å². The molecule has 6 heteroatoms. The van der Waals surface area contributed by atoms with E-state index in [9.17, 15) is 14.7 Å². The molecule has 25 heavy (non-hydrogen) atoms. The fourth-order valence-corrected chi connectivity index (χ4v) is 3.05. The van der Waals surface area contributed by atoms with Crippen molar-refractivity contribution in [2.75, 3.05) is 5.32 Å². The first-order valence-corrected chi connectivity index (χ1v) is 8.44. The maximum absolute atomic E-state index is 12.5. The molecular formula is C19H23N3O3. The van der Waals surface area contributed by atoms with Gasteiger partial charge in [0.15, 0.2) is 0 Å². The first-order chi connectivity index (χ1) is 11.8. The summed E-state index contributed by atoms with van der Waals surface area (Å²) in [6.45, 7) is 6.24. The molecule has 3 rings (SSSR count). The minimum absolute atomic E-state index is 0.0917. The molecule has 1 aliphatic rings. The van der Waals surface area contributed by atoms with Crippen LogP contribution in [0.2, 0.25) is 0 Å². The first kappa shape index (κ1) is 17.2. The molecule has 0 aliphatic heterocycles. The van der Waals surface area contributed by atoms with Crippen LogP contribution in [0.15, 0.2) is 30.4 Å². The largest absolute Gasteiger partial charge is 0.481 e. The summed E-state index contributed by atoms with van der Waals surface area (Å²) < 4.78 is 0. The number of H-pyrrole nitrogens is 1. The third-order valence-electron chi connectivity index (χ3n) is 4.55. The van der Waals surface area contributed by atoms with Crippen molar-refractivity contribution in [2.24, 2.45) is 11.8 Å². The van der Waals surface area contributed by atoms with Crippen LogP contribution in [0.4, 0.5) is 5.69 Å². The summed E-state index contributed by atoms with van der Waals surface area (Å²) in [5.74, 6) is -1.53. The second-order valence-corrected chi connectivity index (χ2v) is 7.55. The number of carboxylic acids is 1. The third-order valence-corrected chi connectivity index (χ3v) is 4.55. The Balaban J connectivity index is 1.81. The number of carbonyl (C=O) groups excluding carboxylic acids is 1. The van der Waals surface area contributed by atoms with E-state index < -0.39 is 17.8 Å². The summed E-state index contributed by atoms with van der Waals surface area (Å²) in [4.78, 5) is 31.8. The van der Waals surface area contributed by atoms with E-state index in [0.29, 0.717) is 18.5 Å². The van der Waals surface area contributed by atoms with Gasteiger partial charge in [0.05, 0.1) is 22.9 Å². The molecule has 0 bridgehead atoms. The maximum Gasteiger partial charge on any atom is 0.307 e. The highest BCUT2D eigenvalue weighted by Crippen LogP contribution is 2.28. The van der Waals surface area contributed by atoms with Crippen LogP contribution in [0.3, 0.4) is 0 Å². The monoisotopic (exact) mass is 341 g/mol. The van der Waals surface area contributed by atoms with Crippen molar-refractivity contribution in [1.82, 2.24) is 9.97 Å². The van der Waals surface area contributed by atoms with E-state index in [4.69, 9.17) is 0 Å². The van der Waals surface area contributed by atoms with Crippen molar-refractivity contribution in [3.05, 3.63) is 36.2 Å². The van der Waals surface area contributed by atoms with E-state index in [1.54, 1.807) is 6.07 Å². The van der Waals surface area contributed by atoms with Gasteiger partial charge in [0.1, 0.15) is 5.82 Å². The number of nitrogens with zero attached hydrogens (tertiary/aromatic N) is 1. The van der Waals surface area contributed by atoms with E-state index in [-0.39, 0.29) is 11.3 Å². The Hall–Kier alpha value is -2.63. The molecule has 1 aromatic heterocycles. The zero-order valence-corrected chi connectivity index (χ0v) is 14.7. The number of nitrogens with one attached hydrogen (secondary N) is 2. The number of carboxylic acid groups (broad SMARTS) is 1. The number of anilines is 1. The molecule has 1 aromatic carbocycles. The predicted molar refractivity (Wildman–Crippen MR) is 96.4 cm³/mol. The van der Waals surface area contributed by atoms with E-state index >= 15 is 0 Å². The Morgan fingerprint density at radius 3 is 2.52 bits per heavy atom. The first-order valence-electron chi connectivity index (χ1n) is 8.44. The molecule has 132 valence electrons. The Labute approximate surface area is 146 Å². The number of imidazole rings is 1. The van der Waals surface area contributed by atoms with Crippen molar-refractivity contribution >= 4 is 28.6 Å². The normalized spacial score (nSPS) is 20.6. The molecule has 6 nitrogen and oxygen atoms in total. The lowest BCUT2D eigenvalue weighted by atomic mass is 9.82. The van der Waals surface area contributed by atoms with Gasteiger partial charge in [-0.25, -0.2) is 4.98 Å². The summed E-state index contributed by atoms with van der Waals surface area (Å²) in [5.41, 5.74) is 2.24. The van der Waals surface area contributed by atoms with Crippen LogP contribution in [0.5, 0.6) is 0 Å². The SMILES string of the molecule is CC(C)(C)c1nc2ccc(NC(=O)[C@@H]3CC=CC[C@@H]3C(=O)O)cc2[nH]1. The van der Waals surface area contributed by atoms with Gasteiger partial charge >= 0.3 is 5.97 Å². The smallest absolute Gasteiger partial charge is 0.307 e. The lowest BCUT2D eigenvalue weighted by Crippen LogP contribution is -2.34. The molecule has 0 spiro atoms. The molecule has 0 radical (unpaired) electrons. The van der Waals surface area contributed by atoms with Gasteiger partial charge in [-0.3, -0.25) is 9.59 Å². The van der Waals surface area contributed by atoms with E-state index in [1.807, 2.05) is 24.3 Å². The highest BCUT2D eigenvalue weighted by atomic mass is 16.4. The Kier molecular flexibility index (Phi) is 4.37. The van der Waals surface area contributed by atoms with Crippen LogP contribution in [0.25, 0.3) is 11.0 Å². The lowest BCUT2D eigenvalue weighted by molar-refractivity contribution is -0.146. The Morgan fingerprint density at radius 1 is 1.20 bits per heavy atom. The van der Waals surface area contributed by atoms with Crippen molar-refractivity contribution in [3.8, 4) is 0 Å². The summed E-state index contributed by atoms with van der Waals surface area (Å²) in [7, 11) is 0. The molecular weight excluding hydrogens is 318 g/mol. The summed E-state index contributed by atoms with van der Waals surface area (Å²) in [6, 6.07) is 5.48. The quantitative estimate of drug-likeness (QED) is 0.745. The molecule has 3 N–H and O–H groups in total. The molecule has 0 fully saturated rings. The standard InChI is InChI=1S/C19H23N3O3/c1-19(2,3)18-21-14-9-8-11(10-15(14)22-18)20-16(23)12-6-4-5-7-13(12)17(24)25/h4-5,8-10,12-13H,6-7H2,1-3H3,(H,20,23)(H,21,22)(H,24,25)/t12-,13+/m1/s1.